The first kappa shape index (κ1) is 18.7. The van der Waals surface area contributed by atoms with Crippen molar-refractivity contribution in [3.05, 3.63) is 24.0 Å². The van der Waals surface area contributed by atoms with Gasteiger partial charge in [0.15, 0.2) is 0 Å². The van der Waals surface area contributed by atoms with Crippen molar-refractivity contribution in [1.82, 2.24) is 5.32 Å². The number of morpholine rings is 1. The van der Waals surface area contributed by atoms with E-state index in [-0.39, 0.29) is 30.8 Å². The number of carbonyl (C=O) groups excluding carboxylic acids is 3. The zero-order chi connectivity index (χ0) is 19.7. The van der Waals surface area contributed by atoms with E-state index in [1.54, 1.807) is 12.1 Å². The Bertz CT molecular complexity index is 783. The van der Waals surface area contributed by atoms with E-state index in [0.717, 1.165) is 6.29 Å². The largest absolute Gasteiger partial charge is 0.442 e. The van der Waals surface area contributed by atoms with Gasteiger partial charge in [0.1, 0.15) is 18.2 Å². The summed E-state index contributed by atoms with van der Waals surface area (Å²) in [6.45, 7) is 2.74. The molecule has 2 amide bonds. The smallest absolute Gasteiger partial charge is 0.414 e. The van der Waals surface area contributed by atoms with E-state index in [4.69, 9.17) is 9.47 Å². The van der Waals surface area contributed by atoms with Gasteiger partial charge in [0, 0.05) is 24.9 Å². The highest BCUT2D eigenvalue weighted by atomic mass is 19.1. The van der Waals surface area contributed by atoms with Gasteiger partial charge in [-0.25, -0.2) is 9.18 Å². The molecule has 1 aromatic carbocycles. The fourth-order valence-electron chi connectivity index (χ4n) is 3.58. The number of nitrogens with one attached hydrogen (secondary N) is 1. The second-order valence-corrected chi connectivity index (χ2v) is 7.24. The molecule has 1 unspecified atom stereocenters. The van der Waals surface area contributed by atoms with Crippen molar-refractivity contribution >= 4 is 29.7 Å². The number of rotatable bonds is 6. The van der Waals surface area contributed by atoms with Gasteiger partial charge >= 0.3 is 6.09 Å². The molecule has 4 rings (SSSR count). The summed E-state index contributed by atoms with van der Waals surface area (Å²) in [6, 6.07) is 4.67. The standard InChI is InChI=1S/C19H22FN3O5/c20-16-8-13(1-2-17(16)22-3-5-27-6-4-22)23-10-14(28-19(23)26)9-21-18(25)15-7-12(15)11-24/h1-2,8,11-12,14-15H,3-7,9-10H2,(H,21,25)/t12-,14+,15?/m1/s1. The summed E-state index contributed by atoms with van der Waals surface area (Å²) in [4.78, 5) is 38.0. The third-order valence-corrected chi connectivity index (χ3v) is 5.32. The van der Waals surface area contributed by atoms with Crippen molar-refractivity contribution in [3.63, 3.8) is 0 Å². The van der Waals surface area contributed by atoms with Gasteiger partial charge in [0.2, 0.25) is 5.91 Å². The van der Waals surface area contributed by atoms with Crippen LogP contribution in [-0.4, -0.2) is 63.8 Å². The fraction of sp³-hybridized carbons (Fsp3) is 0.526. The maximum Gasteiger partial charge on any atom is 0.414 e. The summed E-state index contributed by atoms with van der Waals surface area (Å²) in [7, 11) is 0. The Labute approximate surface area is 161 Å². The van der Waals surface area contributed by atoms with Gasteiger partial charge in [-0.05, 0) is 24.6 Å². The Kier molecular flexibility index (Phi) is 5.17. The number of halogens is 1. The second-order valence-electron chi connectivity index (χ2n) is 7.24. The molecule has 2 saturated heterocycles. The summed E-state index contributed by atoms with van der Waals surface area (Å²) in [5.74, 6) is -1.08. The number of amides is 2. The molecule has 1 aromatic rings. The van der Waals surface area contributed by atoms with Gasteiger partial charge in [-0.15, -0.1) is 0 Å². The van der Waals surface area contributed by atoms with Crippen LogP contribution in [0.5, 0.6) is 0 Å². The minimum absolute atomic E-state index is 0.164. The van der Waals surface area contributed by atoms with E-state index in [9.17, 15) is 18.8 Å². The van der Waals surface area contributed by atoms with Gasteiger partial charge in [0.25, 0.3) is 0 Å². The van der Waals surface area contributed by atoms with Crippen LogP contribution in [0.4, 0.5) is 20.6 Å². The summed E-state index contributed by atoms with van der Waals surface area (Å²) in [5, 5.41) is 2.71. The quantitative estimate of drug-likeness (QED) is 0.726. The molecule has 1 aliphatic carbocycles. The highest BCUT2D eigenvalue weighted by molar-refractivity contribution is 5.90. The number of cyclic esters (lactones) is 1. The van der Waals surface area contributed by atoms with Crippen LogP contribution in [-0.2, 0) is 19.1 Å². The van der Waals surface area contributed by atoms with Crippen molar-refractivity contribution in [1.29, 1.82) is 0 Å². The SMILES string of the molecule is O=C[C@H]1CC1C(=O)NC[C@H]1CN(c2ccc(N3CCOCC3)c(F)c2)C(=O)O1. The lowest BCUT2D eigenvalue weighted by atomic mass is 10.2. The lowest BCUT2D eigenvalue weighted by Crippen LogP contribution is -2.37. The van der Waals surface area contributed by atoms with Crippen molar-refractivity contribution in [2.75, 3.05) is 49.2 Å². The third kappa shape index (κ3) is 3.80. The number of anilines is 2. The highest BCUT2D eigenvalue weighted by Gasteiger charge is 2.43. The van der Waals surface area contributed by atoms with E-state index in [1.807, 2.05) is 4.90 Å². The van der Waals surface area contributed by atoms with Crippen molar-refractivity contribution < 1.29 is 28.2 Å². The lowest BCUT2D eigenvalue weighted by molar-refractivity contribution is -0.124. The predicted molar refractivity (Wildman–Crippen MR) is 97.7 cm³/mol. The number of aldehydes is 1. The van der Waals surface area contributed by atoms with Gasteiger partial charge in [0.05, 0.1) is 37.7 Å². The zero-order valence-electron chi connectivity index (χ0n) is 15.3. The van der Waals surface area contributed by atoms with Crippen LogP contribution in [0.15, 0.2) is 18.2 Å². The molecule has 3 aliphatic rings. The molecule has 150 valence electrons. The lowest BCUT2D eigenvalue weighted by Gasteiger charge is -2.29. The first-order chi connectivity index (χ1) is 13.6. The maximum absolute atomic E-state index is 14.6. The summed E-state index contributed by atoms with van der Waals surface area (Å²) < 4.78 is 25.1. The molecule has 3 atom stereocenters. The molecule has 0 bridgehead atoms. The summed E-state index contributed by atoms with van der Waals surface area (Å²) in [6.07, 6.45) is 0.263. The van der Waals surface area contributed by atoms with E-state index in [1.165, 1.54) is 11.0 Å². The number of nitrogens with zero attached hydrogens (tertiary/aromatic N) is 2. The Hall–Kier alpha value is -2.68. The normalized spacial score (nSPS) is 26.8. The van der Waals surface area contributed by atoms with Gasteiger partial charge < -0.3 is 24.5 Å². The van der Waals surface area contributed by atoms with E-state index >= 15 is 0 Å². The Balaban J connectivity index is 1.35. The van der Waals surface area contributed by atoms with Crippen molar-refractivity contribution in [2.45, 2.75) is 12.5 Å². The Morgan fingerprint density at radius 1 is 1.32 bits per heavy atom. The monoisotopic (exact) mass is 391 g/mol. The van der Waals surface area contributed by atoms with E-state index in [2.05, 4.69) is 5.32 Å². The van der Waals surface area contributed by atoms with Gasteiger partial charge in [-0.3, -0.25) is 9.69 Å². The van der Waals surface area contributed by atoms with Crippen LogP contribution in [0.1, 0.15) is 6.42 Å². The molecule has 3 fully saturated rings. The first-order valence-electron chi connectivity index (χ1n) is 9.40. The summed E-state index contributed by atoms with van der Waals surface area (Å²) >= 11 is 0. The van der Waals surface area contributed by atoms with Crippen LogP contribution >= 0.6 is 0 Å². The first-order valence-corrected chi connectivity index (χ1v) is 9.40. The van der Waals surface area contributed by atoms with Crippen LogP contribution in [0.25, 0.3) is 0 Å². The molecule has 28 heavy (non-hydrogen) atoms. The van der Waals surface area contributed by atoms with Crippen molar-refractivity contribution in [3.8, 4) is 0 Å². The fourth-order valence-corrected chi connectivity index (χ4v) is 3.58. The Morgan fingerprint density at radius 3 is 2.79 bits per heavy atom. The number of benzene rings is 1. The van der Waals surface area contributed by atoms with Crippen LogP contribution in [0.2, 0.25) is 0 Å². The van der Waals surface area contributed by atoms with Gasteiger partial charge in [-0.2, -0.15) is 0 Å². The van der Waals surface area contributed by atoms with E-state index in [0.29, 0.717) is 44.1 Å². The van der Waals surface area contributed by atoms with Crippen molar-refractivity contribution in [2.24, 2.45) is 11.8 Å². The van der Waals surface area contributed by atoms with E-state index < -0.39 is 18.0 Å². The molecular formula is C19H22FN3O5. The minimum Gasteiger partial charge on any atom is -0.442 e. The average Bonchev–Trinajstić information content (AvgIpc) is 3.41. The number of carbonyl (C=O) groups is 3. The van der Waals surface area contributed by atoms with Gasteiger partial charge in [-0.1, -0.05) is 0 Å². The number of hydrogen-bond donors (Lipinski definition) is 1. The maximum atomic E-state index is 14.6. The van der Waals surface area contributed by atoms with Crippen LogP contribution in [0, 0.1) is 17.7 Å². The third-order valence-electron chi connectivity index (χ3n) is 5.32. The topological polar surface area (TPSA) is 88.2 Å². The molecule has 9 heteroatoms. The Morgan fingerprint density at radius 2 is 2.11 bits per heavy atom. The molecule has 2 heterocycles. The zero-order valence-corrected chi connectivity index (χ0v) is 15.3. The van der Waals surface area contributed by atoms with Crippen LogP contribution in [0.3, 0.4) is 0 Å². The molecule has 1 saturated carbocycles. The molecule has 8 nitrogen and oxygen atoms in total. The number of ether oxygens (including phenoxy) is 2. The molecule has 0 spiro atoms. The summed E-state index contributed by atoms with van der Waals surface area (Å²) in [5.41, 5.74) is 0.897. The molecule has 0 aromatic heterocycles. The van der Waals surface area contributed by atoms with Crippen LogP contribution < -0.4 is 15.1 Å². The molecule has 0 radical (unpaired) electrons. The minimum atomic E-state index is -0.574. The number of hydrogen-bond acceptors (Lipinski definition) is 6. The molecular weight excluding hydrogens is 369 g/mol. The molecule has 2 aliphatic heterocycles. The highest BCUT2D eigenvalue weighted by Crippen LogP contribution is 2.36. The average molecular weight is 391 g/mol. The second kappa shape index (κ2) is 7.75. The predicted octanol–water partition coefficient (Wildman–Crippen LogP) is 0.939. The molecule has 1 N–H and O–H groups in total.